The molecule has 102 valence electrons. The molecule has 1 fully saturated rings. The maximum Gasteiger partial charge on any atom is 0.353 e. The van der Waals surface area contributed by atoms with Crippen molar-refractivity contribution >= 4 is 41.5 Å². The topological polar surface area (TPSA) is 75.4 Å². The Morgan fingerprint density at radius 1 is 1.55 bits per heavy atom. The predicted octanol–water partition coefficient (Wildman–Crippen LogP) is 1.31. The Kier molecular flexibility index (Phi) is 2.52. The number of hydrogen-bond donors (Lipinski definition) is 1. The monoisotopic (exact) mass is 307 g/mol. The molecule has 4 heterocycles. The summed E-state index contributed by atoms with van der Waals surface area (Å²) in [5, 5.41) is 14.7. The van der Waals surface area contributed by atoms with Crippen molar-refractivity contribution in [2.45, 2.75) is 17.0 Å². The van der Waals surface area contributed by atoms with Crippen molar-refractivity contribution in [1.29, 1.82) is 0 Å². The van der Waals surface area contributed by atoms with Crippen LogP contribution >= 0.6 is 23.5 Å². The Balaban J connectivity index is 1.61. The lowest BCUT2D eigenvalue weighted by Crippen LogP contribution is -2.51. The summed E-state index contributed by atoms with van der Waals surface area (Å²) in [4.78, 5) is 24.3. The van der Waals surface area contributed by atoms with E-state index in [0.717, 1.165) is 23.0 Å². The predicted molar refractivity (Wildman–Crippen MR) is 75.4 cm³/mol. The summed E-state index contributed by atoms with van der Waals surface area (Å²) < 4.78 is 1.93. The Labute approximate surface area is 122 Å². The first kappa shape index (κ1) is 12.1. The minimum atomic E-state index is -1.06. The van der Waals surface area contributed by atoms with Gasteiger partial charge in [0.25, 0.3) is 5.91 Å². The molecule has 1 aromatic rings. The van der Waals surface area contributed by atoms with Gasteiger partial charge in [0, 0.05) is 16.9 Å². The lowest BCUT2D eigenvalue weighted by Gasteiger charge is -2.36. The maximum absolute atomic E-state index is 12.0. The molecule has 0 aliphatic carbocycles. The molecule has 1 N–H and O–H groups in total. The molecule has 1 amide bonds. The molecule has 20 heavy (non-hydrogen) atoms. The summed E-state index contributed by atoms with van der Waals surface area (Å²) >= 11 is 3.15. The van der Waals surface area contributed by atoms with Crippen molar-refractivity contribution in [3.8, 4) is 0 Å². The standard InChI is InChI=1S/C12H9N3O3S2/c16-10-8(11-15(10)9(4-20-11)12(17)18)2-6-1-7-3-19-5-14(7)13-6/h1-2,4,11H,3,5H2,(H,17,18). The quantitative estimate of drug-likeness (QED) is 0.656. The Bertz CT molecular complexity index is 685. The number of thioether (sulfide) groups is 2. The van der Waals surface area contributed by atoms with Crippen molar-refractivity contribution < 1.29 is 14.7 Å². The number of carbonyl (C=O) groups is 2. The van der Waals surface area contributed by atoms with Crippen molar-refractivity contribution in [2.24, 2.45) is 0 Å². The van der Waals surface area contributed by atoms with E-state index in [4.69, 9.17) is 5.11 Å². The van der Waals surface area contributed by atoms with Crippen LogP contribution in [0.3, 0.4) is 0 Å². The van der Waals surface area contributed by atoms with Crippen LogP contribution in [0.4, 0.5) is 0 Å². The minimum absolute atomic E-state index is 0.0610. The molecule has 0 bridgehead atoms. The van der Waals surface area contributed by atoms with Gasteiger partial charge < -0.3 is 5.11 Å². The summed E-state index contributed by atoms with van der Waals surface area (Å²) in [5.41, 5.74) is 2.61. The molecule has 6 nitrogen and oxygen atoms in total. The second kappa shape index (κ2) is 4.16. The van der Waals surface area contributed by atoms with Gasteiger partial charge in [0.15, 0.2) is 0 Å². The number of rotatable bonds is 2. The molecule has 0 spiro atoms. The highest BCUT2D eigenvalue weighted by Gasteiger charge is 2.49. The van der Waals surface area contributed by atoms with Crippen molar-refractivity contribution in [2.75, 3.05) is 0 Å². The van der Waals surface area contributed by atoms with Crippen LogP contribution in [-0.2, 0) is 21.2 Å². The molecule has 1 unspecified atom stereocenters. The first-order chi connectivity index (χ1) is 9.65. The number of aromatic nitrogens is 2. The zero-order chi connectivity index (χ0) is 13.9. The second-order valence-corrected chi connectivity index (χ2v) is 6.52. The molecule has 3 aliphatic heterocycles. The summed E-state index contributed by atoms with van der Waals surface area (Å²) in [6.45, 7) is 0. The fraction of sp³-hybridized carbons (Fsp3) is 0.250. The van der Waals surface area contributed by atoms with E-state index in [9.17, 15) is 9.59 Å². The van der Waals surface area contributed by atoms with Gasteiger partial charge >= 0.3 is 5.97 Å². The largest absolute Gasteiger partial charge is 0.477 e. The minimum Gasteiger partial charge on any atom is -0.477 e. The highest BCUT2D eigenvalue weighted by Crippen LogP contribution is 2.45. The summed E-state index contributed by atoms with van der Waals surface area (Å²) in [7, 11) is 0. The highest BCUT2D eigenvalue weighted by atomic mass is 32.2. The third kappa shape index (κ3) is 1.58. The Hall–Kier alpha value is -1.67. The molecular formula is C12H9N3O3S2. The molecule has 0 aromatic carbocycles. The Morgan fingerprint density at radius 3 is 3.15 bits per heavy atom. The molecule has 1 aromatic heterocycles. The normalized spacial score (nSPS) is 25.5. The number of aliphatic carboxylic acids is 1. The fourth-order valence-corrected chi connectivity index (χ4v) is 4.49. The molecule has 4 rings (SSSR count). The number of β-lactam (4-membered cyclic amide) rings is 1. The zero-order valence-corrected chi connectivity index (χ0v) is 11.8. The summed E-state index contributed by atoms with van der Waals surface area (Å²) in [6, 6.07) is 1.98. The van der Waals surface area contributed by atoms with Gasteiger partial charge in [0.05, 0.1) is 17.1 Å². The van der Waals surface area contributed by atoms with Crippen molar-refractivity contribution in [3.63, 3.8) is 0 Å². The van der Waals surface area contributed by atoms with Crippen LogP contribution in [0.25, 0.3) is 6.08 Å². The van der Waals surface area contributed by atoms with Crippen LogP contribution in [-0.4, -0.2) is 37.0 Å². The van der Waals surface area contributed by atoms with Crippen LogP contribution in [0.1, 0.15) is 11.4 Å². The number of hydrogen-bond acceptors (Lipinski definition) is 5. The van der Waals surface area contributed by atoms with Gasteiger partial charge in [-0.15, -0.1) is 23.5 Å². The molecule has 3 aliphatic rings. The zero-order valence-electron chi connectivity index (χ0n) is 10.1. The van der Waals surface area contributed by atoms with Crippen LogP contribution < -0.4 is 0 Å². The number of carboxylic acid groups (broad SMARTS) is 1. The van der Waals surface area contributed by atoms with Crippen molar-refractivity contribution in [1.82, 2.24) is 14.7 Å². The van der Waals surface area contributed by atoms with Crippen molar-refractivity contribution in [3.05, 3.63) is 34.1 Å². The van der Waals surface area contributed by atoms with Crippen LogP contribution in [0, 0.1) is 0 Å². The molecule has 0 radical (unpaired) electrons. The first-order valence-electron chi connectivity index (χ1n) is 5.94. The van der Waals surface area contributed by atoms with E-state index in [-0.39, 0.29) is 17.0 Å². The van der Waals surface area contributed by atoms with E-state index in [1.807, 2.05) is 10.7 Å². The van der Waals surface area contributed by atoms with Gasteiger partial charge in [-0.05, 0) is 12.1 Å². The van der Waals surface area contributed by atoms with Gasteiger partial charge in [0.2, 0.25) is 0 Å². The van der Waals surface area contributed by atoms with E-state index in [0.29, 0.717) is 5.57 Å². The lowest BCUT2D eigenvalue weighted by molar-refractivity contribution is -0.141. The van der Waals surface area contributed by atoms with Crippen LogP contribution in [0.5, 0.6) is 0 Å². The smallest absolute Gasteiger partial charge is 0.353 e. The summed E-state index contributed by atoms with van der Waals surface area (Å²) in [6.07, 6.45) is 1.77. The molecule has 1 atom stereocenters. The average Bonchev–Trinajstić information content (AvgIpc) is 3.07. The molecule has 1 saturated heterocycles. The van der Waals surface area contributed by atoms with Gasteiger partial charge in [-0.1, -0.05) is 0 Å². The second-order valence-electron chi connectivity index (χ2n) is 4.61. The van der Waals surface area contributed by atoms with Gasteiger partial charge in [-0.2, -0.15) is 5.10 Å². The lowest BCUT2D eigenvalue weighted by atomic mass is 10.0. The Morgan fingerprint density at radius 2 is 2.40 bits per heavy atom. The SMILES string of the molecule is O=C(O)C1=CSC2C(=Cc3cc4n(n3)CSC4)C(=O)N12. The van der Waals surface area contributed by atoms with E-state index in [1.54, 1.807) is 17.8 Å². The average molecular weight is 307 g/mol. The summed E-state index contributed by atoms with van der Waals surface area (Å²) in [5.74, 6) is 0.488. The van der Waals surface area contributed by atoms with Crippen LogP contribution in [0.15, 0.2) is 22.7 Å². The van der Waals surface area contributed by atoms with Gasteiger partial charge in [0.1, 0.15) is 11.1 Å². The van der Waals surface area contributed by atoms with E-state index in [1.165, 1.54) is 22.1 Å². The third-order valence-electron chi connectivity index (χ3n) is 3.40. The maximum atomic E-state index is 12.0. The van der Waals surface area contributed by atoms with E-state index in [2.05, 4.69) is 5.10 Å². The number of nitrogens with zero attached hydrogens (tertiary/aromatic N) is 3. The fourth-order valence-electron chi connectivity index (χ4n) is 2.44. The molecular weight excluding hydrogens is 298 g/mol. The van der Waals surface area contributed by atoms with Gasteiger partial charge in [-0.3, -0.25) is 14.4 Å². The van der Waals surface area contributed by atoms with Crippen LogP contribution in [0.2, 0.25) is 0 Å². The third-order valence-corrected chi connectivity index (χ3v) is 5.41. The highest BCUT2D eigenvalue weighted by molar-refractivity contribution is 8.03. The number of amides is 1. The van der Waals surface area contributed by atoms with Gasteiger partial charge in [-0.25, -0.2) is 4.79 Å². The first-order valence-corrected chi connectivity index (χ1v) is 8.03. The molecule has 0 saturated carbocycles. The molecule has 8 heteroatoms. The number of fused-ring (bicyclic) bond motifs is 2. The number of carboxylic acids is 1. The van der Waals surface area contributed by atoms with E-state index < -0.39 is 5.97 Å². The van der Waals surface area contributed by atoms with E-state index >= 15 is 0 Å². The number of carbonyl (C=O) groups excluding carboxylic acids is 1.